The average Bonchev–Trinajstić information content (AvgIpc) is 2.14. The first kappa shape index (κ1) is 11.1. The zero-order chi connectivity index (χ0) is 10.4. The minimum Gasteiger partial charge on any atom is -0.370 e. The molecule has 1 rings (SSSR count). The van der Waals surface area contributed by atoms with E-state index >= 15 is 0 Å². The molecule has 0 spiro atoms. The van der Waals surface area contributed by atoms with Crippen LogP contribution in [0.2, 0.25) is 0 Å². The number of hydrogen-bond donors (Lipinski definition) is 3. The first-order valence-corrected chi connectivity index (χ1v) is 5.33. The van der Waals surface area contributed by atoms with Crippen molar-refractivity contribution in [1.29, 1.82) is 0 Å². The SMILES string of the molecule is CCNc1cc(NCCS)nc(C)n1. The van der Waals surface area contributed by atoms with Crippen LogP contribution in [0.1, 0.15) is 12.7 Å². The molecule has 0 aromatic carbocycles. The third-order valence-corrected chi connectivity index (χ3v) is 1.84. The van der Waals surface area contributed by atoms with Crippen molar-refractivity contribution in [3.63, 3.8) is 0 Å². The molecule has 0 saturated carbocycles. The number of anilines is 2. The molecule has 0 amide bonds. The van der Waals surface area contributed by atoms with Gasteiger partial charge in [0.2, 0.25) is 0 Å². The minimum atomic E-state index is 0.769. The van der Waals surface area contributed by atoms with Gasteiger partial charge in [-0.2, -0.15) is 12.6 Å². The summed E-state index contributed by atoms with van der Waals surface area (Å²) in [6.45, 7) is 5.60. The maximum Gasteiger partial charge on any atom is 0.131 e. The van der Waals surface area contributed by atoms with Crippen molar-refractivity contribution in [3.8, 4) is 0 Å². The lowest BCUT2D eigenvalue weighted by atomic mass is 10.4. The van der Waals surface area contributed by atoms with Crippen LogP contribution in [0, 0.1) is 6.92 Å². The predicted octanol–water partition coefficient (Wildman–Crippen LogP) is 1.56. The van der Waals surface area contributed by atoms with Crippen LogP contribution >= 0.6 is 12.6 Å². The molecule has 4 nitrogen and oxygen atoms in total. The quantitative estimate of drug-likeness (QED) is 0.648. The normalized spacial score (nSPS) is 9.93. The Labute approximate surface area is 90.0 Å². The van der Waals surface area contributed by atoms with E-state index in [2.05, 4.69) is 33.2 Å². The maximum atomic E-state index is 4.26. The van der Waals surface area contributed by atoms with Crippen LogP contribution in [0.5, 0.6) is 0 Å². The number of rotatable bonds is 5. The Morgan fingerprint density at radius 1 is 1.29 bits per heavy atom. The fourth-order valence-electron chi connectivity index (χ4n) is 1.11. The molecule has 0 fully saturated rings. The van der Waals surface area contributed by atoms with Crippen molar-refractivity contribution >= 4 is 24.3 Å². The van der Waals surface area contributed by atoms with Crippen molar-refractivity contribution in [3.05, 3.63) is 11.9 Å². The van der Waals surface area contributed by atoms with Crippen LogP contribution in [-0.4, -0.2) is 28.8 Å². The standard InChI is InChI=1S/C9H16N4S/c1-3-10-8-6-9(11-4-5-14)13-7(2)12-8/h6,14H,3-5H2,1-2H3,(H2,10,11,12,13). The molecule has 0 aliphatic carbocycles. The Morgan fingerprint density at radius 3 is 2.50 bits per heavy atom. The van der Waals surface area contributed by atoms with Crippen LogP contribution in [0.4, 0.5) is 11.6 Å². The van der Waals surface area contributed by atoms with E-state index in [-0.39, 0.29) is 0 Å². The molecule has 0 aliphatic rings. The Morgan fingerprint density at radius 2 is 1.93 bits per heavy atom. The largest absolute Gasteiger partial charge is 0.370 e. The van der Waals surface area contributed by atoms with Crippen molar-refractivity contribution < 1.29 is 0 Å². The van der Waals surface area contributed by atoms with E-state index < -0.39 is 0 Å². The Kier molecular flexibility index (Phi) is 4.52. The van der Waals surface area contributed by atoms with E-state index in [1.807, 2.05) is 19.9 Å². The molecule has 1 aromatic rings. The summed E-state index contributed by atoms with van der Waals surface area (Å²) in [6, 6.07) is 1.90. The summed E-state index contributed by atoms with van der Waals surface area (Å²) >= 11 is 4.12. The van der Waals surface area contributed by atoms with Gasteiger partial charge in [0.25, 0.3) is 0 Å². The summed E-state index contributed by atoms with van der Waals surface area (Å²) in [5.74, 6) is 3.27. The number of nitrogens with zero attached hydrogens (tertiary/aromatic N) is 2. The molecular formula is C9H16N4S. The highest BCUT2D eigenvalue weighted by Gasteiger charge is 1.99. The Hall–Kier alpha value is -0.970. The highest BCUT2D eigenvalue weighted by molar-refractivity contribution is 7.80. The molecule has 14 heavy (non-hydrogen) atoms. The van der Waals surface area contributed by atoms with Gasteiger partial charge in [-0.1, -0.05) is 0 Å². The van der Waals surface area contributed by atoms with Gasteiger partial charge in [-0.3, -0.25) is 0 Å². The number of aromatic nitrogens is 2. The van der Waals surface area contributed by atoms with Gasteiger partial charge in [0.1, 0.15) is 17.5 Å². The zero-order valence-corrected chi connectivity index (χ0v) is 9.43. The van der Waals surface area contributed by atoms with Crippen molar-refractivity contribution in [1.82, 2.24) is 9.97 Å². The highest BCUT2D eigenvalue weighted by Crippen LogP contribution is 2.10. The Bertz CT molecular complexity index is 290. The second kappa shape index (κ2) is 5.70. The number of aryl methyl sites for hydroxylation is 1. The van der Waals surface area contributed by atoms with Crippen LogP contribution in [-0.2, 0) is 0 Å². The van der Waals surface area contributed by atoms with Gasteiger partial charge in [0.15, 0.2) is 0 Å². The number of nitrogens with one attached hydrogen (secondary N) is 2. The van der Waals surface area contributed by atoms with Gasteiger partial charge in [-0.15, -0.1) is 0 Å². The van der Waals surface area contributed by atoms with E-state index in [9.17, 15) is 0 Å². The third kappa shape index (κ3) is 3.41. The molecule has 78 valence electrons. The predicted molar refractivity (Wildman–Crippen MR) is 63.3 cm³/mol. The first-order chi connectivity index (χ1) is 6.76. The molecule has 0 saturated heterocycles. The first-order valence-electron chi connectivity index (χ1n) is 4.70. The topological polar surface area (TPSA) is 49.8 Å². The lowest BCUT2D eigenvalue weighted by molar-refractivity contribution is 1.02. The van der Waals surface area contributed by atoms with Crippen molar-refractivity contribution in [2.45, 2.75) is 13.8 Å². The van der Waals surface area contributed by atoms with Gasteiger partial charge in [-0.25, -0.2) is 9.97 Å². The molecule has 0 aliphatic heterocycles. The molecule has 0 radical (unpaired) electrons. The molecule has 1 aromatic heterocycles. The summed E-state index contributed by atoms with van der Waals surface area (Å²) in [5, 5.41) is 6.32. The summed E-state index contributed by atoms with van der Waals surface area (Å²) in [6.07, 6.45) is 0. The van der Waals surface area contributed by atoms with Gasteiger partial charge in [0, 0.05) is 24.9 Å². The molecule has 0 unspecified atom stereocenters. The summed E-state index contributed by atoms with van der Waals surface area (Å²) < 4.78 is 0. The van der Waals surface area contributed by atoms with Crippen LogP contribution in [0.3, 0.4) is 0 Å². The van der Waals surface area contributed by atoms with E-state index in [1.165, 1.54) is 0 Å². The average molecular weight is 212 g/mol. The highest BCUT2D eigenvalue weighted by atomic mass is 32.1. The summed E-state index contributed by atoms with van der Waals surface area (Å²) in [4.78, 5) is 8.51. The molecule has 1 heterocycles. The lowest BCUT2D eigenvalue weighted by Gasteiger charge is -2.07. The number of hydrogen-bond acceptors (Lipinski definition) is 5. The molecule has 0 bridgehead atoms. The molecular weight excluding hydrogens is 196 g/mol. The lowest BCUT2D eigenvalue weighted by Crippen LogP contribution is -2.08. The van der Waals surface area contributed by atoms with E-state index in [0.29, 0.717) is 0 Å². The smallest absolute Gasteiger partial charge is 0.131 e. The van der Waals surface area contributed by atoms with Crippen molar-refractivity contribution in [2.24, 2.45) is 0 Å². The van der Waals surface area contributed by atoms with Gasteiger partial charge in [0.05, 0.1) is 0 Å². The van der Waals surface area contributed by atoms with Gasteiger partial charge in [-0.05, 0) is 13.8 Å². The minimum absolute atomic E-state index is 0.769. The number of thiol groups is 1. The van der Waals surface area contributed by atoms with Gasteiger partial charge < -0.3 is 10.6 Å². The van der Waals surface area contributed by atoms with Gasteiger partial charge >= 0.3 is 0 Å². The van der Waals surface area contributed by atoms with E-state index in [0.717, 1.165) is 36.3 Å². The Balaban J connectivity index is 2.73. The molecule has 0 atom stereocenters. The van der Waals surface area contributed by atoms with E-state index in [4.69, 9.17) is 0 Å². The third-order valence-electron chi connectivity index (χ3n) is 1.61. The summed E-state index contributed by atoms with van der Waals surface area (Å²) in [7, 11) is 0. The molecule has 5 heteroatoms. The fraction of sp³-hybridized carbons (Fsp3) is 0.556. The van der Waals surface area contributed by atoms with Crippen LogP contribution in [0.15, 0.2) is 6.07 Å². The maximum absolute atomic E-state index is 4.26. The van der Waals surface area contributed by atoms with Crippen LogP contribution in [0.25, 0.3) is 0 Å². The summed E-state index contributed by atoms with van der Waals surface area (Å²) in [5.41, 5.74) is 0. The monoisotopic (exact) mass is 212 g/mol. The van der Waals surface area contributed by atoms with E-state index in [1.54, 1.807) is 0 Å². The van der Waals surface area contributed by atoms with Crippen molar-refractivity contribution in [2.75, 3.05) is 29.5 Å². The zero-order valence-electron chi connectivity index (χ0n) is 8.54. The second-order valence-electron chi connectivity index (χ2n) is 2.87. The fourth-order valence-corrected chi connectivity index (χ4v) is 1.23. The molecule has 2 N–H and O–H groups in total. The van der Waals surface area contributed by atoms with Crippen LogP contribution < -0.4 is 10.6 Å². The second-order valence-corrected chi connectivity index (χ2v) is 3.31.